The van der Waals surface area contributed by atoms with E-state index in [1.807, 2.05) is 0 Å². The van der Waals surface area contributed by atoms with Crippen molar-refractivity contribution >= 4 is 27.3 Å². The van der Waals surface area contributed by atoms with Gasteiger partial charge in [-0.05, 0) is 54.6 Å². The first-order chi connectivity index (χ1) is 13.4. The molecule has 2 N–H and O–H groups in total. The first-order valence-electron chi connectivity index (χ1n) is 8.08. The molecule has 0 unspecified atom stereocenters. The summed E-state index contributed by atoms with van der Waals surface area (Å²) in [6, 6.07) is 19.2. The molecule has 8 heteroatoms. The highest BCUT2D eigenvalue weighted by molar-refractivity contribution is 7.92. The average molecular weight is 395 g/mol. The van der Waals surface area contributed by atoms with Crippen molar-refractivity contribution in [2.75, 3.05) is 10.0 Å². The normalized spacial score (nSPS) is 10.7. The Kier molecular flexibility index (Phi) is 5.38. The minimum Gasteiger partial charge on any atom is -0.322 e. The van der Waals surface area contributed by atoms with Crippen molar-refractivity contribution in [3.05, 3.63) is 89.7 Å². The van der Waals surface area contributed by atoms with Crippen molar-refractivity contribution in [3.8, 4) is 6.07 Å². The van der Waals surface area contributed by atoms with E-state index in [0.717, 1.165) is 6.07 Å². The van der Waals surface area contributed by atoms with Crippen LogP contribution in [0.1, 0.15) is 15.9 Å². The Morgan fingerprint density at radius 1 is 0.929 bits per heavy atom. The van der Waals surface area contributed by atoms with Crippen LogP contribution in [-0.2, 0) is 10.0 Å². The lowest BCUT2D eigenvalue weighted by Crippen LogP contribution is -2.15. The maximum Gasteiger partial charge on any atom is 0.261 e. The summed E-state index contributed by atoms with van der Waals surface area (Å²) >= 11 is 0. The molecule has 28 heavy (non-hydrogen) atoms. The Labute approximate surface area is 161 Å². The Hall–Kier alpha value is -3.70. The van der Waals surface area contributed by atoms with Crippen molar-refractivity contribution in [2.24, 2.45) is 0 Å². The fourth-order valence-corrected chi connectivity index (χ4v) is 3.46. The molecule has 0 fully saturated rings. The molecule has 0 radical (unpaired) electrons. The number of amides is 1. The summed E-state index contributed by atoms with van der Waals surface area (Å²) in [4.78, 5) is 12.2. The van der Waals surface area contributed by atoms with E-state index in [1.165, 1.54) is 36.4 Å². The van der Waals surface area contributed by atoms with Gasteiger partial charge < -0.3 is 5.32 Å². The van der Waals surface area contributed by atoms with Crippen LogP contribution in [0.15, 0.2) is 77.7 Å². The van der Waals surface area contributed by atoms with E-state index in [4.69, 9.17) is 5.26 Å². The van der Waals surface area contributed by atoms with Gasteiger partial charge in [0.2, 0.25) is 0 Å². The second-order valence-electron chi connectivity index (χ2n) is 5.76. The Bertz CT molecular complexity index is 1160. The first-order valence-corrected chi connectivity index (χ1v) is 9.56. The second kappa shape index (κ2) is 7.90. The molecule has 0 bridgehead atoms. The number of nitrogens with one attached hydrogen (secondary N) is 2. The van der Waals surface area contributed by atoms with Gasteiger partial charge in [-0.3, -0.25) is 9.52 Å². The lowest BCUT2D eigenvalue weighted by atomic mass is 10.1. The molecule has 0 saturated heterocycles. The van der Waals surface area contributed by atoms with E-state index in [2.05, 4.69) is 10.0 Å². The van der Waals surface area contributed by atoms with Crippen LogP contribution in [0, 0.1) is 17.1 Å². The molecular formula is C20H14FN3O3S. The Morgan fingerprint density at radius 3 is 2.21 bits per heavy atom. The Morgan fingerprint density at radius 2 is 1.61 bits per heavy atom. The standard InChI is InChI=1S/C20H14FN3O3S/c21-19-12-14(13-22)6-11-18(19)20(25)23-15-7-9-17(10-8-15)28(26,27)24-16-4-2-1-3-5-16/h1-12,24H,(H,23,25). The zero-order valence-electron chi connectivity index (χ0n) is 14.4. The molecule has 0 aliphatic carbocycles. The van der Waals surface area contributed by atoms with Crippen LogP contribution in [0.2, 0.25) is 0 Å². The third-order valence-corrected chi connectivity index (χ3v) is 5.19. The summed E-state index contributed by atoms with van der Waals surface area (Å²) in [5.41, 5.74) is 0.611. The van der Waals surface area contributed by atoms with Gasteiger partial charge in [0.15, 0.2) is 0 Å². The summed E-state index contributed by atoms with van der Waals surface area (Å²) in [5, 5.41) is 11.2. The molecule has 6 nitrogen and oxygen atoms in total. The maximum absolute atomic E-state index is 13.9. The van der Waals surface area contributed by atoms with E-state index in [9.17, 15) is 17.6 Å². The minimum absolute atomic E-state index is 0.0129. The van der Waals surface area contributed by atoms with Crippen LogP contribution in [-0.4, -0.2) is 14.3 Å². The lowest BCUT2D eigenvalue weighted by molar-refractivity contribution is 0.102. The van der Waals surface area contributed by atoms with Gasteiger partial charge in [-0.15, -0.1) is 0 Å². The van der Waals surface area contributed by atoms with Gasteiger partial charge in [0, 0.05) is 11.4 Å². The summed E-state index contributed by atoms with van der Waals surface area (Å²) in [7, 11) is -3.78. The first kappa shape index (κ1) is 19.1. The fraction of sp³-hybridized carbons (Fsp3) is 0. The van der Waals surface area contributed by atoms with Crippen LogP contribution in [0.3, 0.4) is 0 Å². The number of carbonyl (C=O) groups is 1. The second-order valence-corrected chi connectivity index (χ2v) is 7.44. The predicted octanol–water partition coefficient (Wildman–Crippen LogP) is 3.75. The number of carbonyl (C=O) groups excluding carboxylic acids is 1. The highest BCUT2D eigenvalue weighted by Crippen LogP contribution is 2.19. The van der Waals surface area contributed by atoms with Crippen molar-refractivity contribution in [1.82, 2.24) is 0 Å². The number of nitriles is 1. The van der Waals surface area contributed by atoms with Crippen LogP contribution >= 0.6 is 0 Å². The molecule has 0 heterocycles. The molecule has 140 valence electrons. The van der Waals surface area contributed by atoms with E-state index < -0.39 is 21.7 Å². The molecule has 0 saturated carbocycles. The molecule has 0 spiro atoms. The highest BCUT2D eigenvalue weighted by atomic mass is 32.2. The number of anilines is 2. The van der Waals surface area contributed by atoms with Gasteiger partial charge in [-0.1, -0.05) is 18.2 Å². The van der Waals surface area contributed by atoms with Gasteiger partial charge >= 0.3 is 0 Å². The summed E-state index contributed by atoms with van der Waals surface area (Å²) in [5.74, 6) is -1.53. The quantitative estimate of drug-likeness (QED) is 0.687. The van der Waals surface area contributed by atoms with Gasteiger partial charge in [-0.2, -0.15) is 5.26 Å². The third kappa shape index (κ3) is 4.34. The zero-order chi connectivity index (χ0) is 20.1. The maximum atomic E-state index is 13.9. The number of nitrogens with zero attached hydrogens (tertiary/aromatic N) is 1. The minimum atomic E-state index is -3.78. The van der Waals surface area contributed by atoms with Crippen molar-refractivity contribution in [3.63, 3.8) is 0 Å². The largest absolute Gasteiger partial charge is 0.322 e. The molecule has 0 aliphatic rings. The van der Waals surface area contributed by atoms with Gasteiger partial charge in [-0.25, -0.2) is 12.8 Å². The van der Waals surface area contributed by atoms with Crippen molar-refractivity contribution in [2.45, 2.75) is 4.90 Å². The summed E-state index contributed by atoms with van der Waals surface area (Å²) < 4.78 is 41.1. The van der Waals surface area contributed by atoms with Gasteiger partial charge in [0.05, 0.1) is 22.1 Å². The van der Waals surface area contributed by atoms with E-state index >= 15 is 0 Å². The number of para-hydroxylation sites is 1. The van der Waals surface area contributed by atoms with Crippen LogP contribution in [0.25, 0.3) is 0 Å². The van der Waals surface area contributed by atoms with Crippen LogP contribution < -0.4 is 10.0 Å². The molecule has 0 aromatic heterocycles. The zero-order valence-corrected chi connectivity index (χ0v) is 15.2. The number of hydrogen-bond acceptors (Lipinski definition) is 4. The number of hydrogen-bond donors (Lipinski definition) is 2. The topological polar surface area (TPSA) is 99.1 Å². The summed E-state index contributed by atoms with van der Waals surface area (Å²) in [6.07, 6.45) is 0. The molecule has 3 aromatic rings. The van der Waals surface area contributed by atoms with E-state index in [0.29, 0.717) is 11.4 Å². The Balaban J connectivity index is 1.74. The molecular weight excluding hydrogens is 381 g/mol. The molecule has 0 aliphatic heterocycles. The number of halogens is 1. The lowest BCUT2D eigenvalue weighted by Gasteiger charge is -2.10. The average Bonchev–Trinajstić information content (AvgIpc) is 2.68. The molecule has 3 rings (SSSR count). The predicted molar refractivity (Wildman–Crippen MR) is 103 cm³/mol. The molecule has 0 atom stereocenters. The van der Waals surface area contributed by atoms with E-state index in [1.54, 1.807) is 36.4 Å². The van der Waals surface area contributed by atoms with Gasteiger partial charge in [0.25, 0.3) is 15.9 Å². The van der Waals surface area contributed by atoms with Crippen LogP contribution in [0.4, 0.5) is 15.8 Å². The molecule has 1 amide bonds. The van der Waals surface area contributed by atoms with Crippen molar-refractivity contribution in [1.29, 1.82) is 5.26 Å². The number of sulfonamides is 1. The highest BCUT2D eigenvalue weighted by Gasteiger charge is 2.16. The monoisotopic (exact) mass is 395 g/mol. The van der Waals surface area contributed by atoms with Crippen LogP contribution in [0.5, 0.6) is 0 Å². The smallest absolute Gasteiger partial charge is 0.261 e. The van der Waals surface area contributed by atoms with E-state index in [-0.39, 0.29) is 16.0 Å². The number of rotatable bonds is 5. The summed E-state index contributed by atoms with van der Waals surface area (Å²) in [6.45, 7) is 0. The van der Waals surface area contributed by atoms with Crippen molar-refractivity contribution < 1.29 is 17.6 Å². The number of benzene rings is 3. The fourth-order valence-electron chi connectivity index (χ4n) is 2.40. The SMILES string of the molecule is N#Cc1ccc(C(=O)Nc2ccc(S(=O)(=O)Nc3ccccc3)cc2)c(F)c1. The van der Waals surface area contributed by atoms with Gasteiger partial charge in [0.1, 0.15) is 5.82 Å². The molecule has 3 aromatic carbocycles. The third-order valence-electron chi connectivity index (χ3n) is 3.79.